The maximum absolute atomic E-state index is 4.93. The van der Waals surface area contributed by atoms with Crippen molar-refractivity contribution in [2.45, 2.75) is 26.2 Å². The Morgan fingerprint density at radius 1 is 1.20 bits per heavy atom. The summed E-state index contributed by atoms with van der Waals surface area (Å²) in [7, 11) is 1.76. The molecule has 0 rings (SSSR count). The molecule has 0 heterocycles. The van der Waals surface area contributed by atoms with Gasteiger partial charge in [-0.25, -0.2) is 0 Å². The molecule has 0 atom stereocenters. The van der Waals surface area contributed by atoms with Crippen LogP contribution in [0.25, 0.3) is 0 Å². The molecule has 0 aromatic carbocycles. The first-order valence-electron chi connectivity index (χ1n) is 3.98. The monoisotopic (exact) mass is 162 g/mol. The minimum absolute atomic E-state index is 0.900. The van der Waals surface area contributed by atoms with Crippen molar-refractivity contribution in [2.75, 3.05) is 25.2 Å². The Hall–Kier alpha value is 0.310. The molecule has 0 unspecified atom stereocenters. The Labute approximate surface area is 68.5 Å². The molecule has 0 aliphatic rings. The number of hydrogen-bond acceptors (Lipinski definition) is 2. The SMILES string of the molecule is CCCCCSCCOC. The second-order valence-corrected chi connectivity index (χ2v) is 3.54. The van der Waals surface area contributed by atoms with Gasteiger partial charge in [-0.3, -0.25) is 0 Å². The zero-order valence-electron chi connectivity index (χ0n) is 7.06. The van der Waals surface area contributed by atoms with Gasteiger partial charge in [-0.2, -0.15) is 11.8 Å². The third-order valence-electron chi connectivity index (χ3n) is 1.32. The van der Waals surface area contributed by atoms with Crippen LogP contribution in [0.4, 0.5) is 0 Å². The Bertz CT molecular complexity index is 49.2. The predicted octanol–water partition coefficient (Wildman–Crippen LogP) is 2.56. The van der Waals surface area contributed by atoms with Crippen molar-refractivity contribution >= 4 is 11.8 Å². The van der Waals surface area contributed by atoms with E-state index >= 15 is 0 Å². The summed E-state index contributed by atoms with van der Waals surface area (Å²) in [5.74, 6) is 2.46. The Morgan fingerprint density at radius 3 is 2.60 bits per heavy atom. The first-order chi connectivity index (χ1) is 4.91. The van der Waals surface area contributed by atoms with Gasteiger partial charge in [-0.1, -0.05) is 19.8 Å². The predicted molar refractivity (Wildman–Crippen MR) is 48.7 cm³/mol. The third-order valence-corrected chi connectivity index (χ3v) is 2.36. The Kier molecular flexibility index (Phi) is 9.60. The van der Waals surface area contributed by atoms with E-state index in [2.05, 4.69) is 6.92 Å². The highest BCUT2D eigenvalue weighted by molar-refractivity contribution is 7.99. The maximum Gasteiger partial charge on any atom is 0.0552 e. The summed E-state index contributed by atoms with van der Waals surface area (Å²) < 4.78 is 4.93. The van der Waals surface area contributed by atoms with Gasteiger partial charge in [0.1, 0.15) is 0 Å². The van der Waals surface area contributed by atoms with E-state index < -0.39 is 0 Å². The van der Waals surface area contributed by atoms with Crippen LogP contribution in [-0.2, 0) is 4.74 Å². The fourth-order valence-electron chi connectivity index (χ4n) is 0.698. The van der Waals surface area contributed by atoms with E-state index in [1.54, 1.807) is 7.11 Å². The lowest BCUT2D eigenvalue weighted by atomic mass is 10.3. The molecule has 0 saturated carbocycles. The molecule has 2 heteroatoms. The molecule has 0 aliphatic heterocycles. The van der Waals surface area contributed by atoms with Crippen LogP contribution >= 0.6 is 11.8 Å². The Balaban J connectivity index is 2.65. The zero-order valence-corrected chi connectivity index (χ0v) is 7.88. The first-order valence-corrected chi connectivity index (χ1v) is 5.14. The molecule has 0 aromatic rings. The summed E-state index contributed by atoms with van der Waals surface area (Å²) in [6, 6.07) is 0. The van der Waals surface area contributed by atoms with E-state index in [0.29, 0.717) is 0 Å². The van der Waals surface area contributed by atoms with Crippen molar-refractivity contribution in [1.82, 2.24) is 0 Å². The quantitative estimate of drug-likeness (QED) is 0.532. The highest BCUT2D eigenvalue weighted by atomic mass is 32.2. The molecule has 62 valence electrons. The van der Waals surface area contributed by atoms with Crippen LogP contribution in [-0.4, -0.2) is 25.2 Å². The van der Waals surface area contributed by atoms with Gasteiger partial charge in [0.15, 0.2) is 0 Å². The highest BCUT2D eigenvalue weighted by Gasteiger charge is 1.87. The number of methoxy groups -OCH3 is 1. The molecular formula is C8H18OS. The minimum Gasteiger partial charge on any atom is -0.384 e. The molecule has 10 heavy (non-hydrogen) atoms. The number of rotatable bonds is 7. The van der Waals surface area contributed by atoms with Gasteiger partial charge in [0.25, 0.3) is 0 Å². The standard InChI is InChI=1S/C8H18OS/c1-3-4-5-7-10-8-6-9-2/h3-8H2,1-2H3. The van der Waals surface area contributed by atoms with Crippen LogP contribution in [0.5, 0.6) is 0 Å². The molecule has 1 nitrogen and oxygen atoms in total. The zero-order chi connectivity index (χ0) is 7.66. The normalized spacial score (nSPS) is 10.2. The molecule has 0 aliphatic carbocycles. The molecule has 0 N–H and O–H groups in total. The van der Waals surface area contributed by atoms with Crippen LogP contribution in [0.15, 0.2) is 0 Å². The summed E-state index contributed by atoms with van der Waals surface area (Å²) in [5.41, 5.74) is 0. The number of ether oxygens (including phenoxy) is 1. The van der Waals surface area contributed by atoms with E-state index in [1.807, 2.05) is 11.8 Å². The highest BCUT2D eigenvalue weighted by Crippen LogP contribution is 2.05. The van der Waals surface area contributed by atoms with Crippen molar-refractivity contribution in [1.29, 1.82) is 0 Å². The van der Waals surface area contributed by atoms with E-state index in [9.17, 15) is 0 Å². The van der Waals surface area contributed by atoms with E-state index in [-0.39, 0.29) is 0 Å². The van der Waals surface area contributed by atoms with E-state index in [1.165, 1.54) is 25.0 Å². The van der Waals surface area contributed by atoms with Gasteiger partial charge >= 0.3 is 0 Å². The number of thioether (sulfide) groups is 1. The van der Waals surface area contributed by atoms with Gasteiger partial charge in [-0.05, 0) is 12.2 Å². The molecule has 0 aromatic heterocycles. The van der Waals surface area contributed by atoms with E-state index in [0.717, 1.165) is 12.4 Å². The van der Waals surface area contributed by atoms with Crippen LogP contribution in [0, 0.1) is 0 Å². The minimum atomic E-state index is 0.900. The van der Waals surface area contributed by atoms with Gasteiger partial charge < -0.3 is 4.74 Å². The van der Waals surface area contributed by atoms with Gasteiger partial charge in [0.2, 0.25) is 0 Å². The smallest absolute Gasteiger partial charge is 0.0552 e. The molecule has 0 fully saturated rings. The lowest BCUT2D eigenvalue weighted by molar-refractivity contribution is 0.218. The largest absolute Gasteiger partial charge is 0.384 e. The second-order valence-electron chi connectivity index (χ2n) is 2.31. The molecule has 0 bridgehead atoms. The summed E-state index contributed by atoms with van der Waals surface area (Å²) in [6.07, 6.45) is 4.07. The Morgan fingerprint density at radius 2 is 2.00 bits per heavy atom. The van der Waals surface area contributed by atoms with Crippen molar-refractivity contribution < 1.29 is 4.74 Å². The summed E-state index contributed by atoms with van der Waals surface area (Å²) in [6.45, 7) is 3.14. The average molecular weight is 162 g/mol. The fraction of sp³-hybridized carbons (Fsp3) is 1.00. The van der Waals surface area contributed by atoms with Crippen molar-refractivity contribution in [3.8, 4) is 0 Å². The van der Waals surface area contributed by atoms with Crippen molar-refractivity contribution in [3.05, 3.63) is 0 Å². The lowest BCUT2D eigenvalue weighted by Crippen LogP contribution is -1.92. The maximum atomic E-state index is 4.93. The molecule has 0 spiro atoms. The van der Waals surface area contributed by atoms with E-state index in [4.69, 9.17) is 4.74 Å². The molecule has 0 radical (unpaired) electrons. The van der Waals surface area contributed by atoms with Gasteiger partial charge in [0, 0.05) is 12.9 Å². The summed E-state index contributed by atoms with van der Waals surface area (Å²) in [5, 5.41) is 0. The topological polar surface area (TPSA) is 9.23 Å². The van der Waals surface area contributed by atoms with Crippen LogP contribution in [0.2, 0.25) is 0 Å². The number of unbranched alkanes of at least 4 members (excludes halogenated alkanes) is 2. The average Bonchev–Trinajstić information content (AvgIpc) is 1.97. The molecule has 0 saturated heterocycles. The van der Waals surface area contributed by atoms with Crippen LogP contribution in [0.3, 0.4) is 0 Å². The third kappa shape index (κ3) is 8.31. The summed E-state index contributed by atoms with van der Waals surface area (Å²) >= 11 is 1.99. The van der Waals surface area contributed by atoms with Crippen molar-refractivity contribution in [3.63, 3.8) is 0 Å². The fourth-order valence-corrected chi connectivity index (χ4v) is 1.60. The first kappa shape index (κ1) is 10.3. The van der Waals surface area contributed by atoms with Crippen LogP contribution in [0.1, 0.15) is 26.2 Å². The summed E-state index contributed by atoms with van der Waals surface area (Å²) in [4.78, 5) is 0. The van der Waals surface area contributed by atoms with Gasteiger partial charge in [0.05, 0.1) is 6.61 Å². The van der Waals surface area contributed by atoms with Crippen LogP contribution < -0.4 is 0 Å². The molecular weight excluding hydrogens is 144 g/mol. The number of hydrogen-bond donors (Lipinski definition) is 0. The second kappa shape index (κ2) is 9.31. The van der Waals surface area contributed by atoms with Crippen molar-refractivity contribution in [2.24, 2.45) is 0 Å². The lowest BCUT2D eigenvalue weighted by Gasteiger charge is -1.98. The molecule has 0 amide bonds. The van der Waals surface area contributed by atoms with Gasteiger partial charge in [-0.15, -0.1) is 0 Å².